The van der Waals surface area contributed by atoms with Crippen LogP contribution in [0.1, 0.15) is 20.3 Å². The highest BCUT2D eigenvalue weighted by atomic mass is 16.6. The minimum Gasteiger partial charge on any atom is -0.362 e. The second kappa shape index (κ2) is 7.21. The SMILES string of the molecule is CCC(C)Nc1ncnc(NNc2ccccc2)c1[N+](=O)[O-]. The third-order valence-electron chi connectivity index (χ3n) is 3.10. The van der Waals surface area contributed by atoms with E-state index in [0.29, 0.717) is 0 Å². The first-order chi connectivity index (χ1) is 10.6. The van der Waals surface area contributed by atoms with Crippen LogP contribution in [0.2, 0.25) is 0 Å². The minimum absolute atomic E-state index is 0.0727. The molecule has 0 aliphatic rings. The van der Waals surface area contributed by atoms with Gasteiger partial charge in [0.25, 0.3) is 0 Å². The number of hydrogen-bond donors (Lipinski definition) is 3. The average Bonchev–Trinajstić information content (AvgIpc) is 2.53. The second-order valence-corrected chi connectivity index (χ2v) is 4.75. The number of aromatic nitrogens is 2. The lowest BCUT2D eigenvalue weighted by atomic mass is 10.2. The topological polar surface area (TPSA) is 105 Å². The van der Waals surface area contributed by atoms with Gasteiger partial charge in [0.05, 0.1) is 10.6 Å². The van der Waals surface area contributed by atoms with Crippen molar-refractivity contribution in [1.29, 1.82) is 0 Å². The zero-order valence-electron chi connectivity index (χ0n) is 12.4. The van der Waals surface area contributed by atoms with Gasteiger partial charge in [-0.05, 0) is 25.5 Å². The number of hydrazine groups is 1. The second-order valence-electron chi connectivity index (χ2n) is 4.75. The maximum Gasteiger partial charge on any atom is 0.354 e. The van der Waals surface area contributed by atoms with Gasteiger partial charge in [0.2, 0.25) is 11.6 Å². The molecule has 0 saturated heterocycles. The highest BCUT2D eigenvalue weighted by Crippen LogP contribution is 2.29. The molecule has 0 aliphatic heterocycles. The number of nitro groups is 1. The first-order valence-electron chi connectivity index (χ1n) is 6.94. The third-order valence-corrected chi connectivity index (χ3v) is 3.10. The van der Waals surface area contributed by atoms with Crippen LogP contribution in [-0.4, -0.2) is 20.9 Å². The molecule has 0 radical (unpaired) electrons. The molecule has 2 rings (SSSR count). The molecule has 8 nitrogen and oxygen atoms in total. The minimum atomic E-state index is -0.500. The van der Waals surface area contributed by atoms with E-state index < -0.39 is 4.92 Å². The number of anilines is 3. The predicted octanol–water partition coefficient (Wildman–Crippen LogP) is 3.03. The molecule has 22 heavy (non-hydrogen) atoms. The zero-order valence-corrected chi connectivity index (χ0v) is 12.4. The molecule has 0 amide bonds. The van der Waals surface area contributed by atoms with Gasteiger partial charge in [0.15, 0.2) is 0 Å². The lowest BCUT2D eigenvalue weighted by molar-refractivity contribution is -0.383. The van der Waals surface area contributed by atoms with Crippen LogP contribution in [0, 0.1) is 10.1 Å². The Labute approximate surface area is 128 Å². The Morgan fingerprint density at radius 1 is 1.18 bits per heavy atom. The van der Waals surface area contributed by atoms with E-state index >= 15 is 0 Å². The maximum atomic E-state index is 11.3. The summed E-state index contributed by atoms with van der Waals surface area (Å²) in [5, 5.41) is 14.4. The Bertz CT molecular complexity index is 634. The summed E-state index contributed by atoms with van der Waals surface area (Å²) in [7, 11) is 0. The average molecular weight is 302 g/mol. The van der Waals surface area contributed by atoms with Gasteiger partial charge in [-0.2, -0.15) is 0 Å². The molecule has 1 heterocycles. The summed E-state index contributed by atoms with van der Waals surface area (Å²) in [6.07, 6.45) is 2.11. The Morgan fingerprint density at radius 2 is 1.86 bits per heavy atom. The zero-order chi connectivity index (χ0) is 15.9. The van der Waals surface area contributed by atoms with Gasteiger partial charge in [-0.15, -0.1) is 0 Å². The molecule has 0 saturated carbocycles. The first-order valence-corrected chi connectivity index (χ1v) is 6.94. The van der Waals surface area contributed by atoms with Gasteiger partial charge in [-0.1, -0.05) is 25.1 Å². The highest BCUT2D eigenvalue weighted by molar-refractivity contribution is 5.70. The fourth-order valence-electron chi connectivity index (χ4n) is 1.74. The molecule has 8 heteroatoms. The van der Waals surface area contributed by atoms with E-state index in [-0.39, 0.29) is 23.4 Å². The largest absolute Gasteiger partial charge is 0.362 e. The van der Waals surface area contributed by atoms with Crippen molar-refractivity contribution in [2.45, 2.75) is 26.3 Å². The monoisotopic (exact) mass is 302 g/mol. The number of hydrogen-bond acceptors (Lipinski definition) is 7. The number of benzene rings is 1. The molecule has 1 unspecified atom stereocenters. The molecule has 3 N–H and O–H groups in total. The van der Waals surface area contributed by atoms with E-state index in [1.54, 1.807) is 0 Å². The third kappa shape index (κ3) is 3.81. The van der Waals surface area contributed by atoms with Crippen molar-refractivity contribution >= 4 is 23.0 Å². The molecule has 0 spiro atoms. The van der Waals surface area contributed by atoms with Crippen LogP contribution in [-0.2, 0) is 0 Å². The Morgan fingerprint density at radius 3 is 2.50 bits per heavy atom. The van der Waals surface area contributed by atoms with E-state index in [1.165, 1.54) is 6.33 Å². The van der Waals surface area contributed by atoms with E-state index in [4.69, 9.17) is 0 Å². The summed E-state index contributed by atoms with van der Waals surface area (Å²) in [6, 6.07) is 9.33. The summed E-state index contributed by atoms with van der Waals surface area (Å²) >= 11 is 0. The standard InChI is InChI=1S/C14H18N6O2/c1-3-10(2)17-13-12(20(21)22)14(16-9-15-13)19-18-11-7-5-4-6-8-11/h4-10,18H,3H2,1-2H3,(H2,15,16,17,19). The molecule has 116 valence electrons. The van der Waals surface area contributed by atoms with Crippen LogP contribution < -0.4 is 16.2 Å². The summed E-state index contributed by atoms with van der Waals surface area (Å²) in [5.74, 6) is 0.307. The van der Waals surface area contributed by atoms with E-state index in [9.17, 15) is 10.1 Å². The van der Waals surface area contributed by atoms with Crippen LogP contribution in [0.5, 0.6) is 0 Å². The predicted molar refractivity (Wildman–Crippen MR) is 85.7 cm³/mol. The van der Waals surface area contributed by atoms with Crippen molar-refractivity contribution in [2.75, 3.05) is 16.2 Å². The lowest BCUT2D eigenvalue weighted by Gasteiger charge is -2.14. The molecule has 0 bridgehead atoms. The van der Waals surface area contributed by atoms with Crippen molar-refractivity contribution in [3.05, 3.63) is 46.8 Å². The van der Waals surface area contributed by atoms with E-state index in [2.05, 4.69) is 26.1 Å². The number of rotatable bonds is 7. The van der Waals surface area contributed by atoms with Gasteiger partial charge in [-0.3, -0.25) is 21.0 Å². The van der Waals surface area contributed by atoms with Crippen molar-refractivity contribution in [2.24, 2.45) is 0 Å². The fourth-order valence-corrected chi connectivity index (χ4v) is 1.74. The van der Waals surface area contributed by atoms with Gasteiger partial charge in [0.1, 0.15) is 6.33 Å². The smallest absolute Gasteiger partial charge is 0.354 e. The van der Waals surface area contributed by atoms with Crippen LogP contribution in [0.15, 0.2) is 36.7 Å². The van der Waals surface area contributed by atoms with Gasteiger partial charge >= 0.3 is 5.69 Å². The first kappa shape index (κ1) is 15.5. The summed E-state index contributed by atoms with van der Waals surface area (Å²) < 4.78 is 0. The highest BCUT2D eigenvalue weighted by Gasteiger charge is 2.23. The molecule has 0 aliphatic carbocycles. The molecular weight excluding hydrogens is 284 g/mol. The Kier molecular flexibility index (Phi) is 5.07. The Hall–Kier alpha value is -2.90. The molecule has 1 aromatic heterocycles. The number of nitrogens with zero attached hydrogens (tertiary/aromatic N) is 3. The molecule has 0 fully saturated rings. The van der Waals surface area contributed by atoms with Crippen molar-refractivity contribution in [3.8, 4) is 0 Å². The van der Waals surface area contributed by atoms with Crippen molar-refractivity contribution < 1.29 is 4.92 Å². The van der Waals surface area contributed by atoms with Crippen LogP contribution in [0.25, 0.3) is 0 Å². The van der Waals surface area contributed by atoms with Crippen molar-refractivity contribution in [3.63, 3.8) is 0 Å². The summed E-state index contributed by atoms with van der Waals surface area (Å²) in [6.45, 7) is 3.92. The van der Waals surface area contributed by atoms with Crippen LogP contribution in [0.3, 0.4) is 0 Å². The van der Waals surface area contributed by atoms with Gasteiger partial charge in [0, 0.05) is 6.04 Å². The van der Waals surface area contributed by atoms with E-state index in [1.807, 2.05) is 44.2 Å². The maximum absolute atomic E-state index is 11.3. The molecule has 1 atom stereocenters. The lowest BCUT2D eigenvalue weighted by Crippen LogP contribution is -2.18. The fraction of sp³-hybridized carbons (Fsp3) is 0.286. The van der Waals surface area contributed by atoms with E-state index in [0.717, 1.165) is 12.1 Å². The van der Waals surface area contributed by atoms with Crippen LogP contribution in [0.4, 0.5) is 23.0 Å². The van der Waals surface area contributed by atoms with Crippen LogP contribution >= 0.6 is 0 Å². The van der Waals surface area contributed by atoms with Gasteiger partial charge < -0.3 is 5.32 Å². The van der Waals surface area contributed by atoms with Gasteiger partial charge in [-0.25, -0.2) is 9.97 Å². The molecule has 2 aromatic rings. The normalized spacial score (nSPS) is 11.5. The number of nitrogens with one attached hydrogen (secondary N) is 3. The molecular formula is C14H18N6O2. The summed E-state index contributed by atoms with van der Waals surface area (Å²) in [5.41, 5.74) is 6.22. The number of para-hydroxylation sites is 1. The Balaban J connectivity index is 2.23. The quantitative estimate of drug-likeness (QED) is 0.533. The summed E-state index contributed by atoms with van der Waals surface area (Å²) in [4.78, 5) is 18.8. The molecule has 1 aromatic carbocycles. The van der Waals surface area contributed by atoms with Crippen molar-refractivity contribution in [1.82, 2.24) is 9.97 Å².